The Hall–Kier alpha value is -2.28. The van der Waals surface area contributed by atoms with Crippen molar-refractivity contribution in [1.29, 1.82) is 0 Å². The van der Waals surface area contributed by atoms with E-state index >= 15 is 0 Å². The summed E-state index contributed by atoms with van der Waals surface area (Å²) in [5.74, 6) is 0.312. The lowest BCUT2D eigenvalue weighted by Crippen LogP contribution is -2.14. The molecule has 0 bridgehead atoms. The fourth-order valence-corrected chi connectivity index (χ4v) is 1.50. The number of nitrogens with two attached hydrogens (primary N) is 1. The normalized spacial score (nSPS) is 11.8. The minimum absolute atomic E-state index is 0.128. The number of anilines is 1. The standard InChI is InChI=1S/C13H14BrN5O/c1-4-6-9(5-2)8-20-13(19-16-3)11-12(15)17-7-10(14)18-11/h4-7H,1-3,8H2,(H2,15,17)/b9-6+,19-13-. The molecule has 0 amide bonds. The molecule has 0 atom stereocenters. The molecule has 0 radical (unpaired) electrons. The van der Waals surface area contributed by atoms with E-state index in [1.54, 1.807) is 18.2 Å². The lowest BCUT2D eigenvalue weighted by molar-refractivity contribution is 0.341. The van der Waals surface area contributed by atoms with Crippen LogP contribution in [0.3, 0.4) is 0 Å². The van der Waals surface area contributed by atoms with Gasteiger partial charge < -0.3 is 10.5 Å². The van der Waals surface area contributed by atoms with E-state index in [0.29, 0.717) is 4.60 Å². The number of nitrogens with zero attached hydrogens (tertiary/aromatic N) is 4. The molecule has 0 fully saturated rings. The molecule has 6 nitrogen and oxygen atoms in total. The van der Waals surface area contributed by atoms with E-state index in [9.17, 15) is 0 Å². The molecule has 1 rings (SSSR count). The van der Waals surface area contributed by atoms with Gasteiger partial charge in [-0.05, 0) is 21.5 Å². The molecule has 0 aliphatic carbocycles. The van der Waals surface area contributed by atoms with Crippen LogP contribution >= 0.6 is 15.9 Å². The Balaban J connectivity index is 3.01. The Kier molecular flexibility index (Phi) is 6.31. The third-order valence-electron chi connectivity index (χ3n) is 2.11. The van der Waals surface area contributed by atoms with Gasteiger partial charge in [0.05, 0.1) is 6.20 Å². The zero-order chi connectivity index (χ0) is 15.0. The van der Waals surface area contributed by atoms with Gasteiger partial charge in [-0.25, -0.2) is 9.97 Å². The maximum absolute atomic E-state index is 5.75. The van der Waals surface area contributed by atoms with Crippen molar-refractivity contribution in [3.8, 4) is 0 Å². The fourth-order valence-electron chi connectivity index (χ4n) is 1.22. The first-order chi connectivity index (χ1) is 9.62. The largest absolute Gasteiger partial charge is 0.470 e. The van der Waals surface area contributed by atoms with Gasteiger partial charge in [0.2, 0.25) is 0 Å². The van der Waals surface area contributed by atoms with Crippen molar-refractivity contribution in [2.45, 2.75) is 0 Å². The summed E-state index contributed by atoms with van der Waals surface area (Å²) in [6.07, 6.45) is 6.53. The lowest BCUT2D eigenvalue weighted by atomic mass is 10.2. The topological polar surface area (TPSA) is 85.8 Å². The number of halogens is 1. The van der Waals surface area contributed by atoms with Crippen molar-refractivity contribution in [3.05, 3.63) is 53.5 Å². The van der Waals surface area contributed by atoms with Crippen LogP contribution in [0.1, 0.15) is 5.69 Å². The number of hydrogen-bond acceptors (Lipinski definition) is 6. The second kappa shape index (κ2) is 8.00. The van der Waals surface area contributed by atoms with E-state index in [1.165, 1.54) is 6.20 Å². The highest BCUT2D eigenvalue weighted by Gasteiger charge is 2.13. The summed E-state index contributed by atoms with van der Waals surface area (Å²) in [4.78, 5) is 8.12. The van der Waals surface area contributed by atoms with Crippen molar-refractivity contribution in [1.82, 2.24) is 9.97 Å². The van der Waals surface area contributed by atoms with Crippen molar-refractivity contribution in [2.75, 3.05) is 12.3 Å². The number of allylic oxidation sites excluding steroid dienone is 2. The van der Waals surface area contributed by atoms with Crippen LogP contribution < -0.4 is 5.73 Å². The van der Waals surface area contributed by atoms with Gasteiger partial charge in [0.15, 0.2) is 11.5 Å². The van der Waals surface area contributed by atoms with Gasteiger partial charge >= 0.3 is 0 Å². The molecule has 104 valence electrons. The molecule has 1 aromatic heterocycles. The number of nitrogen functional groups attached to an aromatic ring is 1. The van der Waals surface area contributed by atoms with Crippen molar-refractivity contribution in [3.63, 3.8) is 0 Å². The predicted octanol–water partition coefficient (Wildman–Crippen LogP) is 2.50. The highest BCUT2D eigenvalue weighted by molar-refractivity contribution is 9.10. The first-order valence-corrected chi connectivity index (χ1v) is 6.30. The summed E-state index contributed by atoms with van der Waals surface area (Å²) in [6.45, 7) is 10.8. The summed E-state index contributed by atoms with van der Waals surface area (Å²) in [7, 11) is 0. The maximum Gasteiger partial charge on any atom is 0.263 e. The second-order valence-electron chi connectivity index (χ2n) is 3.44. The average molecular weight is 336 g/mol. The maximum atomic E-state index is 5.75. The van der Waals surface area contributed by atoms with Crippen LogP contribution in [-0.4, -0.2) is 29.2 Å². The molecule has 0 saturated carbocycles. The van der Waals surface area contributed by atoms with Gasteiger partial charge in [-0.3, -0.25) is 0 Å². The van der Waals surface area contributed by atoms with E-state index in [-0.39, 0.29) is 24.0 Å². The van der Waals surface area contributed by atoms with Crippen LogP contribution in [0, 0.1) is 0 Å². The van der Waals surface area contributed by atoms with E-state index < -0.39 is 0 Å². The highest BCUT2D eigenvalue weighted by Crippen LogP contribution is 2.13. The van der Waals surface area contributed by atoms with Crippen LogP contribution in [0.25, 0.3) is 0 Å². The number of hydrogen-bond donors (Lipinski definition) is 1. The molecule has 0 unspecified atom stereocenters. The molecule has 20 heavy (non-hydrogen) atoms. The van der Waals surface area contributed by atoms with E-state index in [4.69, 9.17) is 10.5 Å². The van der Waals surface area contributed by atoms with Gasteiger partial charge in [-0.1, -0.05) is 31.4 Å². The van der Waals surface area contributed by atoms with E-state index in [1.807, 2.05) is 0 Å². The summed E-state index contributed by atoms with van der Waals surface area (Å²) >= 11 is 3.21. The van der Waals surface area contributed by atoms with Crippen LogP contribution in [0.4, 0.5) is 5.82 Å². The number of aromatic nitrogens is 2. The quantitative estimate of drug-likeness (QED) is 0.374. The smallest absolute Gasteiger partial charge is 0.263 e. The first kappa shape index (κ1) is 15.8. The lowest BCUT2D eigenvalue weighted by Gasteiger charge is -2.09. The van der Waals surface area contributed by atoms with Crippen molar-refractivity contribution in [2.24, 2.45) is 10.2 Å². The minimum Gasteiger partial charge on any atom is -0.470 e. The number of rotatable bonds is 6. The number of ether oxygens (including phenoxy) is 1. The summed E-state index contributed by atoms with van der Waals surface area (Å²) < 4.78 is 6.04. The molecule has 0 saturated heterocycles. The van der Waals surface area contributed by atoms with Gasteiger partial charge in [0, 0.05) is 6.72 Å². The van der Waals surface area contributed by atoms with Crippen LogP contribution in [-0.2, 0) is 4.74 Å². The van der Waals surface area contributed by atoms with E-state index in [2.05, 4.69) is 56.0 Å². The Morgan fingerprint density at radius 3 is 2.85 bits per heavy atom. The Bertz CT molecular complexity index is 580. The van der Waals surface area contributed by atoms with Crippen LogP contribution in [0.5, 0.6) is 0 Å². The zero-order valence-electron chi connectivity index (χ0n) is 10.8. The molecule has 0 aromatic carbocycles. The Labute approximate surface area is 125 Å². The molecule has 2 N–H and O–H groups in total. The van der Waals surface area contributed by atoms with E-state index in [0.717, 1.165) is 5.57 Å². The average Bonchev–Trinajstić information content (AvgIpc) is 2.44. The SMILES string of the molecule is C=C/C=C(\C=C)CO/C(=N\N=C)c1nc(Br)cnc1N. The molecule has 0 aliphatic heterocycles. The van der Waals surface area contributed by atoms with Crippen molar-refractivity contribution >= 4 is 34.4 Å². The van der Waals surface area contributed by atoms with Gasteiger partial charge in [0.25, 0.3) is 5.90 Å². The molecule has 0 aliphatic rings. The predicted molar refractivity (Wildman–Crippen MR) is 84.7 cm³/mol. The van der Waals surface area contributed by atoms with Gasteiger partial charge in [-0.2, -0.15) is 5.10 Å². The fraction of sp³-hybridized carbons (Fsp3) is 0.0769. The first-order valence-electron chi connectivity index (χ1n) is 5.51. The molecule has 1 aromatic rings. The van der Waals surface area contributed by atoms with Gasteiger partial charge in [0.1, 0.15) is 11.2 Å². The van der Waals surface area contributed by atoms with Gasteiger partial charge in [-0.15, -0.1) is 5.10 Å². The van der Waals surface area contributed by atoms with Crippen LogP contribution in [0.2, 0.25) is 0 Å². The molecular weight excluding hydrogens is 322 g/mol. The van der Waals surface area contributed by atoms with Crippen LogP contribution in [0.15, 0.2) is 58.0 Å². The summed E-state index contributed by atoms with van der Waals surface area (Å²) in [5, 5.41) is 7.22. The molecule has 1 heterocycles. The Morgan fingerprint density at radius 2 is 2.25 bits per heavy atom. The second-order valence-corrected chi connectivity index (χ2v) is 4.26. The minimum atomic E-state index is 0.128. The zero-order valence-corrected chi connectivity index (χ0v) is 12.4. The highest BCUT2D eigenvalue weighted by atomic mass is 79.9. The summed E-state index contributed by atoms with van der Waals surface area (Å²) in [5.41, 5.74) is 6.85. The molecule has 0 spiro atoms. The molecular formula is C13H14BrN5O. The molecule has 7 heteroatoms. The third-order valence-corrected chi connectivity index (χ3v) is 2.49. The monoisotopic (exact) mass is 335 g/mol. The van der Waals surface area contributed by atoms with Crippen molar-refractivity contribution < 1.29 is 4.74 Å². The third kappa shape index (κ3) is 4.43. The Morgan fingerprint density at radius 1 is 1.50 bits per heavy atom. The summed E-state index contributed by atoms with van der Waals surface area (Å²) in [6, 6.07) is 0.